The molecule has 0 spiro atoms. The van der Waals surface area contributed by atoms with E-state index in [0.717, 1.165) is 18.7 Å². The van der Waals surface area contributed by atoms with Crippen molar-refractivity contribution in [2.24, 2.45) is 0 Å². The molecule has 1 N–H and O–H groups in total. The van der Waals surface area contributed by atoms with Crippen molar-refractivity contribution in [1.82, 2.24) is 4.90 Å². The maximum atomic E-state index is 11.0. The SMILES string of the molecule is C/C(=C\C(=O)O)CN1CCS(=O)CC1. The summed E-state index contributed by atoms with van der Waals surface area (Å²) in [6.45, 7) is 4.08. The average Bonchev–Trinajstić information content (AvgIpc) is 2.07. The topological polar surface area (TPSA) is 57.6 Å². The van der Waals surface area contributed by atoms with Gasteiger partial charge in [-0.2, -0.15) is 0 Å². The van der Waals surface area contributed by atoms with Crippen LogP contribution in [0.5, 0.6) is 0 Å². The Bertz CT molecular complexity index is 265. The molecule has 0 aromatic heterocycles. The summed E-state index contributed by atoms with van der Waals surface area (Å²) in [4.78, 5) is 12.5. The maximum Gasteiger partial charge on any atom is 0.328 e. The molecule has 0 unspecified atom stereocenters. The van der Waals surface area contributed by atoms with E-state index in [1.54, 1.807) is 6.92 Å². The van der Waals surface area contributed by atoms with Crippen LogP contribution in [0.3, 0.4) is 0 Å². The molecule has 0 radical (unpaired) electrons. The summed E-state index contributed by atoms with van der Waals surface area (Å²) in [5.41, 5.74) is 0.838. The van der Waals surface area contributed by atoms with E-state index in [4.69, 9.17) is 5.11 Å². The van der Waals surface area contributed by atoms with Gasteiger partial charge in [0.1, 0.15) is 0 Å². The largest absolute Gasteiger partial charge is 0.478 e. The predicted octanol–water partition coefficient (Wildman–Crippen LogP) is 0.0816. The standard InChI is InChI=1S/C9H15NO3S/c1-8(6-9(11)12)7-10-2-4-14(13)5-3-10/h6H,2-5,7H2,1H3,(H,11,12)/b8-6+. The molecule has 14 heavy (non-hydrogen) atoms. The quantitative estimate of drug-likeness (QED) is 0.680. The molecule has 0 aromatic rings. The van der Waals surface area contributed by atoms with Gasteiger partial charge in [-0.15, -0.1) is 0 Å². The van der Waals surface area contributed by atoms with Crippen molar-refractivity contribution < 1.29 is 14.1 Å². The monoisotopic (exact) mass is 217 g/mol. The first-order chi connectivity index (χ1) is 6.58. The first-order valence-corrected chi connectivity index (χ1v) is 6.04. The number of hydrogen-bond donors (Lipinski definition) is 1. The second kappa shape index (κ2) is 5.26. The number of carbonyl (C=O) groups is 1. The van der Waals surface area contributed by atoms with E-state index < -0.39 is 16.8 Å². The highest BCUT2D eigenvalue weighted by Crippen LogP contribution is 2.03. The van der Waals surface area contributed by atoms with Crippen LogP contribution in [0.2, 0.25) is 0 Å². The van der Waals surface area contributed by atoms with Crippen LogP contribution >= 0.6 is 0 Å². The summed E-state index contributed by atoms with van der Waals surface area (Å²) in [6.07, 6.45) is 1.23. The molecule has 0 atom stereocenters. The molecule has 1 saturated heterocycles. The van der Waals surface area contributed by atoms with Crippen LogP contribution in [0, 0.1) is 0 Å². The van der Waals surface area contributed by atoms with Gasteiger partial charge in [0.15, 0.2) is 0 Å². The third-order valence-electron chi connectivity index (χ3n) is 2.11. The van der Waals surface area contributed by atoms with Crippen LogP contribution in [0.15, 0.2) is 11.6 Å². The van der Waals surface area contributed by atoms with Crippen LogP contribution in [0.25, 0.3) is 0 Å². The van der Waals surface area contributed by atoms with Gasteiger partial charge in [-0.3, -0.25) is 9.11 Å². The van der Waals surface area contributed by atoms with Gasteiger partial charge in [-0.1, -0.05) is 5.57 Å². The van der Waals surface area contributed by atoms with Crippen LogP contribution < -0.4 is 0 Å². The van der Waals surface area contributed by atoms with Gasteiger partial charge in [0.05, 0.1) is 0 Å². The number of aliphatic carboxylic acids is 1. The Morgan fingerprint density at radius 1 is 1.50 bits per heavy atom. The zero-order chi connectivity index (χ0) is 10.6. The maximum absolute atomic E-state index is 11.0. The molecule has 0 aromatic carbocycles. The van der Waals surface area contributed by atoms with Crippen LogP contribution in [0.4, 0.5) is 0 Å². The van der Waals surface area contributed by atoms with Gasteiger partial charge in [0, 0.05) is 48.0 Å². The number of carboxylic acids is 1. The third-order valence-corrected chi connectivity index (χ3v) is 3.39. The molecular formula is C9H15NO3S. The molecule has 80 valence electrons. The normalized spacial score (nSPS) is 21.1. The lowest BCUT2D eigenvalue weighted by molar-refractivity contribution is -0.131. The molecule has 1 rings (SSSR count). The zero-order valence-corrected chi connectivity index (χ0v) is 9.05. The van der Waals surface area contributed by atoms with Crippen molar-refractivity contribution in [3.8, 4) is 0 Å². The summed E-state index contributed by atoms with van der Waals surface area (Å²) < 4.78 is 11.0. The molecule has 1 fully saturated rings. The van der Waals surface area contributed by atoms with Crippen LogP contribution in [-0.2, 0) is 15.6 Å². The lowest BCUT2D eigenvalue weighted by atomic mass is 10.2. The Kier molecular flexibility index (Phi) is 4.28. The third kappa shape index (κ3) is 4.02. The molecule has 0 saturated carbocycles. The lowest BCUT2D eigenvalue weighted by Gasteiger charge is -2.26. The second-order valence-corrected chi connectivity index (χ2v) is 5.15. The molecule has 0 aliphatic carbocycles. The van der Waals surface area contributed by atoms with Gasteiger partial charge < -0.3 is 5.11 Å². The predicted molar refractivity (Wildman–Crippen MR) is 55.7 cm³/mol. The summed E-state index contributed by atoms with van der Waals surface area (Å²) in [5.74, 6) is 0.517. The summed E-state index contributed by atoms with van der Waals surface area (Å²) in [6, 6.07) is 0. The fraction of sp³-hybridized carbons (Fsp3) is 0.667. The van der Waals surface area contributed by atoms with Crippen LogP contribution in [0.1, 0.15) is 6.92 Å². The molecule has 0 bridgehead atoms. The van der Waals surface area contributed by atoms with E-state index in [2.05, 4.69) is 4.90 Å². The highest BCUT2D eigenvalue weighted by Gasteiger charge is 2.14. The minimum atomic E-state index is -0.900. The number of hydrogen-bond acceptors (Lipinski definition) is 3. The van der Waals surface area contributed by atoms with Gasteiger partial charge in [0.25, 0.3) is 0 Å². The molecule has 5 heteroatoms. The van der Waals surface area contributed by atoms with Crippen molar-refractivity contribution in [2.75, 3.05) is 31.1 Å². The van der Waals surface area contributed by atoms with E-state index in [-0.39, 0.29) is 0 Å². The van der Waals surface area contributed by atoms with Gasteiger partial charge in [-0.25, -0.2) is 4.79 Å². The fourth-order valence-electron chi connectivity index (χ4n) is 1.44. The van der Waals surface area contributed by atoms with Crippen molar-refractivity contribution >= 4 is 16.8 Å². The van der Waals surface area contributed by atoms with E-state index in [9.17, 15) is 9.00 Å². The first kappa shape index (κ1) is 11.4. The molecule has 1 aliphatic rings. The number of nitrogens with zero attached hydrogens (tertiary/aromatic N) is 1. The summed E-state index contributed by atoms with van der Waals surface area (Å²) >= 11 is 0. The summed E-state index contributed by atoms with van der Waals surface area (Å²) in [5, 5.41) is 8.51. The molecular weight excluding hydrogens is 202 g/mol. The van der Waals surface area contributed by atoms with Crippen molar-refractivity contribution in [2.45, 2.75) is 6.92 Å². The summed E-state index contributed by atoms with van der Waals surface area (Å²) in [7, 11) is -0.664. The Hall–Kier alpha value is -0.680. The van der Waals surface area contributed by atoms with E-state index >= 15 is 0 Å². The average molecular weight is 217 g/mol. The van der Waals surface area contributed by atoms with Crippen molar-refractivity contribution in [3.63, 3.8) is 0 Å². The van der Waals surface area contributed by atoms with Gasteiger partial charge in [-0.05, 0) is 6.92 Å². The Morgan fingerprint density at radius 3 is 2.57 bits per heavy atom. The highest BCUT2D eigenvalue weighted by atomic mass is 32.2. The molecule has 4 nitrogen and oxygen atoms in total. The fourth-order valence-corrected chi connectivity index (χ4v) is 2.57. The lowest BCUT2D eigenvalue weighted by Crippen LogP contribution is -2.38. The zero-order valence-electron chi connectivity index (χ0n) is 8.23. The van der Waals surface area contributed by atoms with Crippen molar-refractivity contribution in [1.29, 1.82) is 0 Å². The number of rotatable bonds is 3. The Morgan fingerprint density at radius 2 is 2.07 bits per heavy atom. The van der Waals surface area contributed by atoms with Gasteiger partial charge in [0.2, 0.25) is 0 Å². The molecule has 1 heterocycles. The number of carboxylic acid groups (broad SMARTS) is 1. The smallest absolute Gasteiger partial charge is 0.328 e. The van der Waals surface area contributed by atoms with E-state index in [1.807, 2.05) is 0 Å². The Labute approximate surface area is 86.1 Å². The Balaban J connectivity index is 2.38. The first-order valence-electron chi connectivity index (χ1n) is 4.55. The molecule has 1 aliphatic heterocycles. The minimum absolute atomic E-state index is 0.664. The second-order valence-electron chi connectivity index (χ2n) is 3.45. The van der Waals surface area contributed by atoms with E-state index in [1.165, 1.54) is 6.08 Å². The van der Waals surface area contributed by atoms with E-state index in [0.29, 0.717) is 18.1 Å². The van der Waals surface area contributed by atoms with Crippen molar-refractivity contribution in [3.05, 3.63) is 11.6 Å². The highest BCUT2D eigenvalue weighted by molar-refractivity contribution is 7.85. The molecule has 0 amide bonds. The van der Waals surface area contributed by atoms with Gasteiger partial charge >= 0.3 is 5.97 Å². The van der Waals surface area contributed by atoms with Crippen LogP contribution in [-0.4, -0.2) is 51.3 Å². The minimum Gasteiger partial charge on any atom is -0.478 e.